The van der Waals surface area contributed by atoms with Crippen molar-refractivity contribution in [2.45, 2.75) is 6.42 Å². The molecule has 0 spiro atoms. The monoisotopic (exact) mass is 260 g/mol. The molecule has 1 N–H and O–H groups in total. The zero-order valence-corrected chi connectivity index (χ0v) is 11.2. The summed E-state index contributed by atoms with van der Waals surface area (Å²) < 4.78 is 5.10. The van der Waals surface area contributed by atoms with Crippen molar-refractivity contribution in [1.29, 1.82) is 0 Å². The van der Waals surface area contributed by atoms with Crippen LogP contribution in [-0.2, 0) is 4.79 Å². The quantitative estimate of drug-likeness (QED) is 0.822. The summed E-state index contributed by atoms with van der Waals surface area (Å²) in [5, 5.41) is 2.73. The van der Waals surface area contributed by atoms with E-state index in [2.05, 4.69) is 5.32 Å². The largest absolute Gasteiger partial charge is 0.497 e. The van der Waals surface area contributed by atoms with E-state index in [0.717, 1.165) is 0 Å². The molecule has 100 valence electrons. The van der Waals surface area contributed by atoms with E-state index in [1.807, 2.05) is 14.1 Å². The molecule has 1 aliphatic rings. The van der Waals surface area contributed by atoms with Crippen LogP contribution in [0.5, 0.6) is 5.75 Å². The second-order valence-electron chi connectivity index (χ2n) is 4.58. The Hall–Kier alpha value is -2.30. The lowest BCUT2D eigenvalue weighted by atomic mass is 10.0. The van der Waals surface area contributed by atoms with E-state index in [9.17, 15) is 9.59 Å². The molecule has 0 aliphatic carbocycles. The van der Waals surface area contributed by atoms with Crippen LogP contribution in [0.2, 0.25) is 0 Å². The minimum atomic E-state index is -0.201. The smallest absolute Gasteiger partial charge is 0.229 e. The number of Topliss-reactive ketones (excluding diaryl/α,β-unsaturated/α-hetero) is 1. The van der Waals surface area contributed by atoms with Gasteiger partial charge in [0.05, 0.1) is 19.2 Å². The average Bonchev–Trinajstić information content (AvgIpc) is 2.46. The summed E-state index contributed by atoms with van der Waals surface area (Å²) >= 11 is 0. The Kier molecular flexibility index (Phi) is 3.55. The highest BCUT2D eigenvalue weighted by molar-refractivity contribution is 6.18. The summed E-state index contributed by atoms with van der Waals surface area (Å²) in [6.45, 7) is 0. The van der Waals surface area contributed by atoms with Gasteiger partial charge in [-0.25, -0.2) is 0 Å². The summed E-state index contributed by atoms with van der Waals surface area (Å²) in [6, 6.07) is 5.04. The first-order chi connectivity index (χ1) is 9.01. The molecular formula is C14H16N2O3. The van der Waals surface area contributed by atoms with Crippen LogP contribution in [0.3, 0.4) is 0 Å². The molecule has 0 fully saturated rings. The van der Waals surface area contributed by atoms with Gasteiger partial charge in [-0.1, -0.05) is 0 Å². The Morgan fingerprint density at radius 2 is 2.05 bits per heavy atom. The van der Waals surface area contributed by atoms with Gasteiger partial charge >= 0.3 is 0 Å². The summed E-state index contributed by atoms with van der Waals surface area (Å²) in [7, 11) is 5.18. The molecule has 0 atom stereocenters. The number of methoxy groups -OCH3 is 1. The second-order valence-corrected chi connectivity index (χ2v) is 4.58. The van der Waals surface area contributed by atoms with Crippen molar-refractivity contribution in [1.82, 2.24) is 4.90 Å². The number of ether oxygens (including phenoxy) is 1. The van der Waals surface area contributed by atoms with E-state index < -0.39 is 0 Å². The highest BCUT2D eigenvalue weighted by Gasteiger charge is 2.24. The summed E-state index contributed by atoms with van der Waals surface area (Å²) in [6.07, 6.45) is 1.76. The molecule has 19 heavy (non-hydrogen) atoms. The maximum atomic E-state index is 12.4. The van der Waals surface area contributed by atoms with Crippen LogP contribution in [0.25, 0.3) is 0 Å². The number of ketones is 1. The van der Waals surface area contributed by atoms with E-state index in [-0.39, 0.29) is 18.1 Å². The highest BCUT2D eigenvalue weighted by atomic mass is 16.5. The van der Waals surface area contributed by atoms with Gasteiger partial charge in [-0.05, 0) is 12.1 Å². The van der Waals surface area contributed by atoms with E-state index in [1.165, 1.54) is 0 Å². The molecule has 5 nitrogen and oxygen atoms in total. The van der Waals surface area contributed by atoms with Crippen molar-refractivity contribution < 1.29 is 14.3 Å². The molecule has 1 aromatic carbocycles. The number of rotatable bonds is 2. The lowest BCUT2D eigenvalue weighted by Crippen LogP contribution is -2.12. The van der Waals surface area contributed by atoms with Gasteiger partial charge in [0.2, 0.25) is 5.91 Å². The van der Waals surface area contributed by atoms with Crippen molar-refractivity contribution in [3.8, 4) is 5.75 Å². The predicted molar refractivity (Wildman–Crippen MR) is 72.3 cm³/mol. The van der Waals surface area contributed by atoms with Gasteiger partial charge in [0, 0.05) is 37.5 Å². The Balaban J connectivity index is 2.50. The minimum Gasteiger partial charge on any atom is -0.497 e. The number of carbonyl (C=O) groups excluding carboxylic acids is 2. The lowest BCUT2D eigenvalue weighted by molar-refractivity contribution is -0.115. The van der Waals surface area contributed by atoms with Gasteiger partial charge in [0.1, 0.15) is 5.75 Å². The lowest BCUT2D eigenvalue weighted by Gasteiger charge is -2.09. The molecule has 1 amide bonds. The molecule has 5 heteroatoms. The molecule has 0 saturated heterocycles. The fourth-order valence-corrected chi connectivity index (χ4v) is 1.99. The van der Waals surface area contributed by atoms with Gasteiger partial charge in [0.25, 0.3) is 0 Å². The third-order valence-corrected chi connectivity index (χ3v) is 2.80. The van der Waals surface area contributed by atoms with Crippen molar-refractivity contribution in [2.75, 3.05) is 26.5 Å². The molecule has 0 saturated carbocycles. The Morgan fingerprint density at radius 3 is 2.68 bits per heavy atom. The SMILES string of the molecule is COc1ccc2c(c1)NC(=O)C/C(=C\N(C)C)C2=O. The van der Waals surface area contributed by atoms with Crippen LogP contribution in [0.1, 0.15) is 16.8 Å². The number of nitrogens with one attached hydrogen (secondary N) is 1. The standard InChI is InChI=1S/C14H16N2O3/c1-16(2)8-9-6-13(17)15-12-7-10(19-3)4-5-11(12)14(9)18/h4-5,7-8H,6H2,1-3H3,(H,15,17)/b9-8+. The van der Waals surface area contributed by atoms with Gasteiger partial charge in [-0.3, -0.25) is 9.59 Å². The Labute approximate surface area is 111 Å². The van der Waals surface area contributed by atoms with Gasteiger partial charge < -0.3 is 15.0 Å². The number of amides is 1. The number of anilines is 1. The summed E-state index contributed by atoms with van der Waals surface area (Å²) in [4.78, 5) is 26.0. The molecule has 0 aromatic heterocycles. The van der Waals surface area contributed by atoms with Gasteiger partial charge in [-0.15, -0.1) is 0 Å². The van der Waals surface area contributed by atoms with Crippen LogP contribution < -0.4 is 10.1 Å². The number of hydrogen-bond donors (Lipinski definition) is 1. The molecule has 0 bridgehead atoms. The highest BCUT2D eigenvalue weighted by Crippen LogP contribution is 2.28. The molecule has 1 aliphatic heterocycles. The van der Waals surface area contributed by atoms with Crippen LogP contribution in [0.4, 0.5) is 5.69 Å². The van der Waals surface area contributed by atoms with Crippen LogP contribution >= 0.6 is 0 Å². The topological polar surface area (TPSA) is 58.6 Å². The van der Waals surface area contributed by atoms with Crippen LogP contribution in [-0.4, -0.2) is 37.8 Å². The van der Waals surface area contributed by atoms with Crippen molar-refractivity contribution in [3.05, 3.63) is 35.5 Å². The van der Waals surface area contributed by atoms with Crippen LogP contribution in [0.15, 0.2) is 30.0 Å². The van der Waals surface area contributed by atoms with Gasteiger partial charge in [0.15, 0.2) is 5.78 Å². The Morgan fingerprint density at radius 1 is 1.32 bits per heavy atom. The number of fused-ring (bicyclic) bond motifs is 1. The fourth-order valence-electron chi connectivity index (χ4n) is 1.99. The molecular weight excluding hydrogens is 244 g/mol. The van der Waals surface area contributed by atoms with Gasteiger partial charge in [-0.2, -0.15) is 0 Å². The number of benzene rings is 1. The average molecular weight is 260 g/mol. The van der Waals surface area contributed by atoms with E-state index in [4.69, 9.17) is 4.74 Å². The van der Waals surface area contributed by atoms with Crippen molar-refractivity contribution >= 4 is 17.4 Å². The number of carbonyl (C=O) groups is 2. The first-order valence-electron chi connectivity index (χ1n) is 5.91. The maximum Gasteiger partial charge on any atom is 0.229 e. The predicted octanol–water partition coefficient (Wildman–Crippen LogP) is 1.67. The molecule has 2 rings (SSSR count). The first kappa shape index (κ1) is 13.1. The summed E-state index contributed by atoms with van der Waals surface area (Å²) in [5.74, 6) is 0.269. The van der Waals surface area contributed by atoms with Crippen LogP contribution in [0, 0.1) is 0 Å². The Bertz CT molecular complexity index is 562. The molecule has 0 radical (unpaired) electrons. The maximum absolute atomic E-state index is 12.4. The minimum absolute atomic E-state index is 0.0774. The number of hydrogen-bond acceptors (Lipinski definition) is 4. The summed E-state index contributed by atoms with van der Waals surface area (Å²) in [5.41, 5.74) is 1.46. The molecule has 1 heterocycles. The van der Waals surface area contributed by atoms with E-state index >= 15 is 0 Å². The molecule has 1 aromatic rings. The third-order valence-electron chi connectivity index (χ3n) is 2.80. The first-order valence-corrected chi connectivity index (χ1v) is 5.91. The zero-order valence-electron chi connectivity index (χ0n) is 11.2. The number of nitrogens with zero attached hydrogens (tertiary/aromatic N) is 1. The zero-order chi connectivity index (χ0) is 14.0. The normalized spacial score (nSPS) is 16.7. The molecule has 0 unspecified atom stereocenters. The van der Waals surface area contributed by atoms with E-state index in [1.54, 1.807) is 36.4 Å². The van der Waals surface area contributed by atoms with Crippen molar-refractivity contribution in [2.24, 2.45) is 0 Å². The van der Waals surface area contributed by atoms with Crippen molar-refractivity contribution in [3.63, 3.8) is 0 Å². The second kappa shape index (κ2) is 5.14. The van der Waals surface area contributed by atoms with E-state index in [0.29, 0.717) is 22.6 Å². The third kappa shape index (κ3) is 2.76. The fraction of sp³-hybridized carbons (Fsp3) is 0.286.